The normalized spacial score (nSPS) is 25.1. The van der Waals surface area contributed by atoms with Crippen LogP contribution < -0.4 is 4.90 Å². The summed E-state index contributed by atoms with van der Waals surface area (Å²) in [5.74, 6) is 1.63. The van der Waals surface area contributed by atoms with Gasteiger partial charge in [0.15, 0.2) is 0 Å². The van der Waals surface area contributed by atoms with Crippen molar-refractivity contribution >= 4 is 34.9 Å². The lowest BCUT2D eigenvalue weighted by molar-refractivity contribution is 0.180. The number of benzene rings is 4. The van der Waals surface area contributed by atoms with Crippen molar-refractivity contribution in [2.24, 2.45) is 17.3 Å². The number of para-hydroxylation sites is 2. The Morgan fingerprint density at radius 1 is 0.824 bits per heavy atom. The maximum Gasteiger partial charge on any atom is 0.0601 e. The maximum atomic E-state index is 2.56. The predicted octanol–water partition coefficient (Wildman–Crippen LogP) is 8.88. The Balaban J connectivity index is 1.40. The van der Waals surface area contributed by atoms with Crippen LogP contribution in [0.2, 0.25) is 0 Å². The van der Waals surface area contributed by atoms with Crippen LogP contribution in [0.25, 0.3) is 17.2 Å². The highest BCUT2D eigenvalue weighted by atomic mass is 32.2. The number of hydrogen-bond acceptors (Lipinski definition) is 2. The van der Waals surface area contributed by atoms with Gasteiger partial charge in [0.1, 0.15) is 0 Å². The topological polar surface area (TPSA) is 3.24 Å². The second-order valence-electron chi connectivity index (χ2n) is 10.4. The molecule has 0 N–H and O–H groups in total. The molecule has 3 unspecified atom stereocenters. The van der Waals surface area contributed by atoms with Crippen LogP contribution in [-0.2, 0) is 6.42 Å². The van der Waals surface area contributed by atoms with Crippen LogP contribution in [0.3, 0.4) is 0 Å². The number of anilines is 3. The lowest BCUT2D eigenvalue weighted by atomic mass is 9.70. The molecule has 34 heavy (non-hydrogen) atoms. The van der Waals surface area contributed by atoms with Gasteiger partial charge in [-0.1, -0.05) is 84.9 Å². The van der Waals surface area contributed by atoms with E-state index in [9.17, 15) is 0 Å². The second kappa shape index (κ2) is 6.67. The van der Waals surface area contributed by atoms with E-state index in [1.807, 2.05) is 11.8 Å². The van der Waals surface area contributed by atoms with E-state index >= 15 is 0 Å². The first-order valence-corrected chi connectivity index (χ1v) is 13.1. The molecule has 1 heterocycles. The molecule has 4 aromatic carbocycles. The highest BCUT2D eigenvalue weighted by molar-refractivity contribution is 7.99. The van der Waals surface area contributed by atoms with Gasteiger partial charge in [-0.25, -0.2) is 0 Å². The number of rotatable bonds is 2. The fourth-order valence-electron chi connectivity index (χ4n) is 6.81. The summed E-state index contributed by atoms with van der Waals surface area (Å²) >= 11 is 1.87. The molecule has 0 amide bonds. The van der Waals surface area contributed by atoms with Crippen molar-refractivity contribution in [3.05, 3.63) is 108 Å². The van der Waals surface area contributed by atoms with E-state index in [1.54, 1.807) is 5.57 Å². The van der Waals surface area contributed by atoms with E-state index in [0.29, 0.717) is 5.41 Å². The molecular weight excluding hydrogens is 430 g/mol. The van der Waals surface area contributed by atoms with Gasteiger partial charge in [-0.05, 0) is 88.7 Å². The third-order valence-electron chi connectivity index (χ3n) is 8.81. The highest BCUT2D eigenvalue weighted by Gasteiger charge is 2.69. The summed E-state index contributed by atoms with van der Waals surface area (Å²) in [5, 5.41) is 0. The molecule has 4 aromatic rings. The monoisotopic (exact) mass is 455 g/mol. The third kappa shape index (κ3) is 2.47. The molecule has 2 fully saturated rings. The molecule has 164 valence electrons. The van der Waals surface area contributed by atoms with Gasteiger partial charge in [0, 0.05) is 15.5 Å². The molecule has 0 bridgehead atoms. The van der Waals surface area contributed by atoms with Crippen LogP contribution in [-0.4, -0.2) is 0 Å². The van der Waals surface area contributed by atoms with E-state index in [0.717, 1.165) is 11.8 Å². The Morgan fingerprint density at radius 2 is 1.50 bits per heavy atom. The van der Waals surface area contributed by atoms with E-state index in [-0.39, 0.29) is 0 Å². The van der Waals surface area contributed by atoms with Crippen LogP contribution in [0.5, 0.6) is 0 Å². The van der Waals surface area contributed by atoms with Gasteiger partial charge in [0.2, 0.25) is 0 Å². The fraction of sp³-hybridized carbons (Fsp3) is 0.188. The molecule has 8 rings (SSSR count). The first-order chi connectivity index (χ1) is 16.7. The fourth-order valence-corrected chi connectivity index (χ4v) is 7.87. The van der Waals surface area contributed by atoms with Gasteiger partial charge in [-0.3, -0.25) is 0 Å². The molecule has 2 heteroatoms. The van der Waals surface area contributed by atoms with Crippen molar-refractivity contribution in [2.75, 3.05) is 4.90 Å². The lowest BCUT2D eigenvalue weighted by Crippen LogP contribution is -2.27. The average molecular weight is 456 g/mol. The van der Waals surface area contributed by atoms with Crippen LogP contribution in [0.15, 0.2) is 106 Å². The molecule has 4 aliphatic rings. The van der Waals surface area contributed by atoms with Crippen LogP contribution in [0, 0.1) is 17.3 Å². The largest absolute Gasteiger partial charge is 0.308 e. The minimum Gasteiger partial charge on any atom is -0.308 e. The standard InChI is InChI=1S/C32H25NS/c1-32-22-17-24-21(16-26(32)27(32)18-22)15-23(19-25(24)20-9-3-2-4-10-20)33-28-11-5-7-13-30(28)34-31-14-8-6-12-29(31)33/h2-16,19,22,27H,17-18H2,1H3. The quantitative estimate of drug-likeness (QED) is 0.261. The highest BCUT2D eigenvalue weighted by Crippen LogP contribution is 2.77. The van der Waals surface area contributed by atoms with Gasteiger partial charge in [0.25, 0.3) is 0 Å². The van der Waals surface area contributed by atoms with E-state index in [4.69, 9.17) is 0 Å². The van der Waals surface area contributed by atoms with Crippen LogP contribution >= 0.6 is 11.8 Å². The molecule has 3 atom stereocenters. The van der Waals surface area contributed by atoms with Gasteiger partial charge in [-0.2, -0.15) is 0 Å². The first-order valence-electron chi connectivity index (χ1n) is 12.3. The minimum atomic E-state index is 0.466. The Labute approximate surface area is 205 Å². The zero-order chi connectivity index (χ0) is 22.4. The maximum absolute atomic E-state index is 2.56. The Morgan fingerprint density at radius 3 is 2.24 bits per heavy atom. The minimum absolute atomic E-state index is 0.466. The average Bonchev–Trinajstić information content (AvgIpc) is 3.35. The van der Waals surface area contributed by atoms with E-state index in [2.05, 4.69) is 109 Å². The molecule has 3 aliphatic carbocycles. The summed E-state index contributed by atoms with van der Waals surface area (Å²) in [6.45, 7) is 2.50. The number of hydrogen-bond donors (Lipinski definition) is 0. The van der Waals surface area contributed by atoms with Crippen LogP contribution in [0.4, 0.5) is 17.1 Å². The van der Waals surface area contributed by atoms with Crippen molar-refractivity contribution in [1.82, 2.24) is 0 Å². The summed E-state index contributed by atoms with van der Waals surface area (Å²) in [4.78, 5) is 5.10. The van der Waals surface area contributed by atoms with Gasteiger partial charge in [0.05, 0.1) is 11.4 Å². The zero-order valence-electron chi connectivity index (χ0n) is 19.2. The second-order valence-corrected chi connectivity index (χ2v) is 11.5. The summed E-state index contributed by atoms with van der Waals surface area (Å²) in [7, 11) is 0. The van der Waals surface area contributed by atoms with Crippen molar-refractivity contribution in [2.45, 2.75) is 29.6 Å². The molecule has 1 nitrogen and oxygen atoms in total. The van der Waals surface area contributed by atoms with Crippen LogP contribution in [0.1, 0.15) is 24.5 Å². The van der Waals surface area contributed by atoms with Crippen molar-refractivity contribution in [1.29, 1.82) is 0 Å². The molecule has 2 saturated carbocycles. The third-order valence-corrected chi connectivity index (χ3v) is 9.94. The van der Waals surface area contributed by atoms with Gasteiger partial charge < -0.3 is 4.90 Å². The van der Waals surface area contributed by atoms with Crippen molar-refractivity contribution < 1.29 is 0 Å². The van der Waals surface area contributed by atoms with Crippen molar-refractivity contribution in [3.8, 4) is 11.1 Å². The summed E-state index contributed by atoms with van der Waals surface area (Å²) in [6, 6.07) is 33.6. The lowest BCUT2D eigenvalue weighted by Gasteiger charge is -2.35. The first kappa shape index (κ1) is 19.1. The smallest absolute Gasteiger partial charge is 0.0601 e. The number of nitrogens with zero attached hydrogens (tertiary/aromatic N) is 1. The molecule has 0 spiro atoms. The van der Waals surface area contributed by atoms with Gasteiger partial charge >= 0.3 is 0 Å². The molecule has 0 saturated heterocycles. The molecular formula is C32H25NS. The Hall–Kier alpha value is -3.23. The summed E-state index contributed by atoms with van der Waals surface area (Å²) < 4.78 is 0. The Kier molecular flexibility index (Phi) is 3.75. The van der Waals surface area contributed by atoms with Crippen molar-refractivity contribution in [3.63, 3.8) is 0 Å². The number of fused-ring (bicyclic) bond motifs is 4. The zero-order valence-corrected chi connectivity index (χ0v) is 20.0. The van der Waals surface area contributed by atoms with Gasteiger partial charge in [-0.15, -0.1) is 0 Å². The molecule has 0 radical (unpaired) electrons. The van der Waals surface area contributed by atoms with E-state index < -0.39 is 0 Å². The summed E-state index contributed by atoms with van der Waals surface area (Å²) in [5.41, 5.74) is 11.6. The summed E-state index contributed by atoms with van der Waals surface area (Å²) in [6.07, 6.45) is 5.12. The number of allylic oxidation sites excluding steroid dienone is 1. The molecule has 1 aliphatic heterocycles. The van der Waals surface area contributed by atoms with E-state index in [1.165, 1.54) is 61.9 Å². The Bertz CT molecular complexity index is 1470. The molecule has 0 aromatic heterocycles. The SMILES string of the molecule is CC12C3=Cc4cc(N5c6ccccc6Sc6ccccc65)cc(-c5ccccc5)c4CC1CC32. The predicted molar refractivity (Wildman–Crippen MR) is 142 cm³/mol.